The molecule has 0 saturated carbocycles. The Morgan fingerprint density at radius 2 is 1.44 bits per heavy atom. The minimum Gasteiger partial charge on any atom is -0.481 e. The number of carbonyl (C=O) groups is 1. The minimum absolute atomic E-state index is 0. The first-order valence-corrected chi connectivity index (χ1v) is 6.12. The van der Waals surface area contributed by atoms with Crippen molar-refractivity contribution < 1.29 is 19.8 Å². The summed E-state index contributed by atoms with van der Waals surface area (Å²) in [5.74, 6) is -0.726. The first kappa shape index (κ1) is 19.0. The second-order valence-electron chi connectivity index (χ2n) is 4.03. The molecule has 0 aromatic heterocycles. The normalized spacial score (nSPS) is 9.56. The van der Waals surface area contributed by atoms with E-state index in [9.17, 15) is 14.9 Å². The van der Waals surface area contributed by atoms with Gasteiger partial charge in [0, 0.05) is 6.42 Å². The van der Waals surface area contributed by atoms with E-state index in [4.69, 9.17) is 5.11 Å². The summed E-state index contributed by atoms with van der Waals surface area (Å²) in [6.45, 7) is 0.186. The Morgan fingerprint density at radius 1 is 1.00 bits per heavy atom. The molecule has 0 aliphatic heterocycles. The topological polar surface area (TPSA) is 89.7 Å². The average Bonchev–Trinajstić information content (AvgIpc) is 2.25. The summed E-state index contributed by atoms with van der Waals surface area (Å²) in [6, 6.07) is 0. The van der Waals surface area contributed by atoms with Crippen LogP contribution in [0.25, 0.3) is 0 Å². The van der Waals surface area contributed by atoms with Crippen molar-refractivity contribution in [2.75, 3.05) is 6.61 Å². The molecule has 6 heteroatoms. The third kappa shape index (κ3) is 17.1. The molecule has 0 aliphatic carbocycles. The van der Waals surface area contributed by atoms with Crippen molar-refractivity contribution in [1.82, 2.24) is 0 Å². The van der Waals surface area contributed by atoms with Gasteiger partial charge in [-0.25, -0.2) is 0 Å². The van der Waals surface area contributed by atoms with E-state index < -0.39 is 11.1 Å². The number of unbranched alkanes of at least 4 members (excludes halogenated alkanes) is 7. The molecule has 0 saturated heterocycles. The van der Waals surface area contributed by atoms with E-state index in [1.807, 2.05) is 0 Å². The van der Waals surface area contributed by atoms with E-state index >= 15 is 0 Å². The molecule has 18 heavy (non-hydrogen) atoms. The van der Waals surface area contributed by atoms with Crippen molar-refractivity contribution in [1.29, 1.82) is 0 Å². The summed E-state index contributed by atoms with van der Waals surface area (Å²) in [5, 5.41) is 17.5. The smallest absolute Gasteiger partial charge is 0.303 e. The monoisotopic (exact) mass is 263 g/mol. The lowest BCUT2D eigenvalue weighted by molar-refractivity contribution is -0.757. The summed E-state index contributed by atoms with van der Waals surface area (Å²) in [5.41, 5.74) is 0. The number of rotatable bonds is 12. The van der Waals surface area contributed by atoms with Crippen LogP contribution in [0.15, 0.2) is 0 Å². The maximum Gasteiger partial charge on any atom is 0.303 e. The Hall–Kier alpha value is -1.33. The van der Waals surface area contributed by atoms with Crippen LogP contribution in [-0.2, 0) is 9.63 Å². The predicted molar refractivity (Wildman–Crippen MR) is 68.9 cm³/mol. The molecule has 0 amide bonds. The minimum atomic E-state index is -0.761. The van der Waals surface area contributed by atoms with Gasteiger partial charge in [0.25, 0.3) is 5.09 Å². The fourth-order valence-corrected chi connectivity index (χ4v) is 1.58. The van der Waals surface area contributed by atoms with Crippen molar-refractivity contribution in [2.45, 2.75) is 65.2 Å². The second-order valence-corrected chi connectivity index (χ2v) is 4.03. The molecule has 0 aromatic rings. The van der Waals surface area contributed by atoms with E-state index in [0.717, 1.165) is 51.4 Å². The van der Waals surface area contributed by atoms with Crippen molar-refractivity contribution in [3.8, 4) is 0 Å². The van der Waals surface area contributed by atoms with Crippen LogP contribution in [0.5, 0.6) is 0 Å². The molecule has 0 rings (SSSR count). The standard InChI is InChI=1S/C11H21NO5.CH4/c13-11(14)9-7-5-3-1-2-4-6-8-10-17-12(15)16;/h1-10H2,(H,13,14);1H4. The first-order chi connectivity index (χ1) is 8.13. The zero-order valence-electron chi connectivity index (χ0n) is 10.1. The number of aliphatic carboxylic acids is 1. The number of carboxylic acids is 1. The van der Waals surface area contributed by atoms with Gasteiger partial charge in [-0.3, -0.25) is 4.79 Å². The molecule has 0 fully saturated rings. The van der Waals surface area contributed by atoms with Crippen LogP contribution < -0.4 is 0 Å². The molecular formula is C12H25NO5. The van der Waals surface area contributed by atoms with Crippen LogP contribution in [0.4, 0.5) is 0 Å². The van der Waals surface area contributed by atoms with Crippen LogP contribution in [0.2, 0.25) is 0 Å². The van der Waals surface area contributed by atoms with Gasteiger partial charge in [-0.2, -0.15) is 0 Å². The van der Waals surface area contributed by atoms with Gasteiger partial charge in [-0.15, -0.1) is 10.1 Å². The molecule has 0 heterocycles. The van der Waals surface area contributed by atoms with Crippen LogP contribution in [0, 0.1) is 10.1 Å². The van der Waals surface area contributed by atoms with Crippen molar-refractivity contribution >= 4 is 5.97 Å². The maximum absolute atomic E-state index is 10.2. The Morgan fingerprint density at radius 3 is 1.89 bits per heavy atom. The Kier molecular flexibility index (Phi) is 14.5. The van der Waals surface area contributed by atoms with Gasteiger partial charge in [0.05, 0.1) is 6.61 Å². The third-order valence-electron chi connectivity index (χ3n) is 2.48. The highest BCUT2D eigenvalue weighted by Crippen LogP contribution is 2.09. The van der Waals surface area contributed by atoms with Crippen LogP contribution in [-0.4, -0.2) is 22.8 Å². The molecule has 0 unspecified atom stereocenters. The summed E-state index contributed by atoms with van der Waals surface area (Å²) in [4.78, 5) is 24.2. The van der Waals surface area contributed by atoms with Crippen LogP contribution >= 0.6 is 0 Å². The lowest BCUT2D eigenvalue weighted by atomic mass is 10.1. The first-order valence-electron chi connectivity index (χ1n) is 6.12. The Labute approximate surface area is 108 Å². The predicted octanol–water partition coefficient (Wildman–Crippen LogP) is 3.43. The number of hydrogen-bond donors (Lipinski definition) is 1. The highest BCUT2D eigenvalue weighted by molar-refractivity contribution is 5.66. The van der Waals surface area contributed by atoms with E-state index in [2.05, 4.69) is 4.84 Å². The number of hydrogen-bond acceptors (Lipinski definition) is 4. The van der Waals surface area contributed by atoms with E-state index in [0.29, 0.717) is 0 Å². The van der Waals surface area contributed by atoms with E-state index in [-0.39, 0.29) is 20.5 Å². The number of carboxylic acid groups (broad SMARTS) is 1. The number of nitrogens with zero attached hydrogens (tertiary/aromatic N) is 1. The Bertz CT molecular complexity index is 199. The molecule has 0 bridgehead atoms. The molecule has 0 aromatic carbocycles. The highest BCUT2D eigenvalue weighted by atomic mass is 16.9. The van der Waals surface area contributed by atoms with Gasteiger partial charge in [0.1, 0.15) is 0 Å². The zero-order valence-corrected chi connectivity index (χ0v) is 10.1. The third-order valence-corrected chi connectivity index (χ3v) is 2.48. The molecule has 0 atom stereocenters. The zero-order chi connectivity index (χ0) is 12.9. The fraction of sp³-hybridized carbons (Fsp3) is 0.917. The van der Waals surface area contributed by atoms with Crippen molar-refractivity contribution in [3.05, 3.63) is 10.1 Å². The summed E-state index contributed by atoms with van der Waals surface area (Å²) in [7, 11) is 0. The molecule has 6 nitrogen and oxygen atoms in total. The quantitative estimate of drug-likeness (QED) is 0.331. The largest absolute Gasteiger partial charge is 0.481 e. The molecule has 0 spiro atoms. The van der Waals surface area contributed by atoms with Gasteiger partial charge in [0.2, 0.25) is 0 Å². The van der Waals surface area contributed by atoms with Gasteiger partial charge in [-0.05, 0) is 12.8 Å². The SMILES string of the molecule is C.O=C(O)CCCCCCCCCCO[N+](=O)[O-]. The van der Waals surface area contributed by atoms with Gasteiger partial charge < -0.3 is 9.94 Å². The van der Waals surface area contributed by atoms with Gasteiger partial charge in [0.15, 0.2) is 0 Å². The lowest BCUT2D eigenvalue weighted by Gasteiger charge is -2.01. The van der Waals surface area contributed by atoms with Gasteiger partial charge >= 0.3 is 5.97 Å². The van der Waals surface area contributed by atoms with E-state index in [1.165, 1.54) is 0 Å². The second kappa shape index (κ2) is 13.7. The maximum atomic E-state index is 10.2. The van der Waals surface area contributed by atoms with Crippen LogP contribution in [0.1, 0.15) is 65.2 Å². The molecular weight excluding hydrogens is 238 g/mol. The van der Waals surface area contributed by atoms with Crippen molar-refractivity contribution in [3.63, 3.8) is 0 Å². The lowest BCUT2D eigenvalue weighted by Crippen LogP contribution is -2.01. The molecule has 0 radical (unpaired) electrons. The molecule has 0 aliphatic rings. The fourth-order valence-electron chi connectivity index (χ4n) is 1.58. The molecule has 108 valence electrons. The molecule has 1 N–H and O–H groups in total. The summed E-state index contributed by atoms with van der Waals surface area (Å²) < 4.78 is 0. The Balaban J connectivity index is 0. The van der Waals surface area contributed by atoms with Crippen molar-refractivity contribution in [2.24, 2.45) is 0 Å². The highest BCUT2D eigenvalue weighted by Gasteiger charge is 1.97. The van der Waals surface area contributed by atoms with Crippen LogP contribution in [0.3, 0.4) is 0 Å². The summed E-state index contributed by atoms with van der Waals surface area (Å²) >= 11 is 0. The average molecular weight is 263 g/mol. The summed E-state index contributed by atoms with van der Waals surface area (Å²) in [6.07, 6.45) is 7.99. The van der Waals surface area contributed by atoms with Gasteiger partial charge in [-0.1, -0.05) is 46.0 Å². The van der Waals surface area contributed by atoms with E-state index in [1.54, 1.807) is 0 Å².